The topological polar surface area (TPSA) is 170 Å². The molecular formula is C58H83N6NaO7. The van der Waals surface area contributed by atoms with Crippen LogP contribution in [0.25, 0.3) is 22.1 Å². The van der Waals surface area contributed by atoms with Gasteiger partial charge >= 0.3 is 41.5 Å². The van der Waals surface area contributed by atoms with Crippen molar-refractivity contribution in [2.24, 2.45) is 0 Å². The molecular weight excluding hydrogens is 916 g/mol. The van der Waals surface area contributed by atoms with E-state index >= 15 is 0 Å². The van der Waals surface area contributed by atoms with Gasteiger partial charge in [-0.15, -0.1) is 0 Å². The molecule has 4 bridgehead atoms. The monoisotopic (exact) mass is 999 g/mol. The Kier molecular flexibility index (Phi) is 21.4. The second-order valence-corrected chi connectivity index (χ2v) is 22.0. The molecule has 72 heavy (non-hydrogen) atoms. The number of piperidine rings is 2. The number of benzene rings is 2. The Morgan fingerprint density at radius 1 is 0.486 bits per heavy atom. The first-order valence-electron chi connectivity index (χ1n) is 28.3. The molecule has 6 heterocycles. The molecule has 6 fully saturated rings. The van der Waals surface area contributed by atoms with E-state index in [2.05, 4.69) is 19.8 Å². The minimum Gasteiger partial charge on any atom is -0.870 e. The van der Waals surface area contributed by atoms with Gasteiger partial charge in [0.1, 0.15) is 0 Å². The van der Waals surface area contributed by atoms with E-state index in [1.54, 1.807) is 11.5 Å². The van der Waals surface area contributed by atoms with E-state index in [9.17, 15) is 24.3 Å². The minimum absolute atomic E-state index is 0. The van der Waals surface area contributed by atoms with Crippen molar-refractivity contribution in [2.75, 3.05) is 6.61 Å². The van der Waals surface area contributed by atoms with Crippen LogP contribution in [0.3, 0.4) is 0 Å². The van der Waals surface area contributed by atoms with Crippen LogP contribution in [0, 0.1) is 0 Å². The zero-order valence-electron chi connectivity index (χ0n) is 43.8. The molecule has 0 spiro atoms. The molecule has 2 N–H and O–H groups in total. The third kappa shape index (κ3) is 13.1. The number of hydrogen-bond donors (Lipinski definition) is 1. The van der Waals surface area contributed by atoms with Gasteiger partial charge in [0, 0.05) is 48.3 Å². The maximum absolute atomic E-state index is 13.6. The Morgan fingerprint density at radius 2 is 0.806 bits per heavy atom. The molecule has 6 aliphatic rings. The first-order chi connectivity index (χ1) is 34.3. The van der Waals surface area contributed by atoms with Gasteiger partial charge in [-0.1, -0.05) is 140 Å². The Hall–Kier alpha value is -3.46. The summed E-state index contributed by atoms with van der Waals surface area (Å²) in [5, 5.41) is 9.62. The predicted molar refractivity (Wildman–Crippen MR) is 280 cm³/mol. The summed E-state index contributed by atoms with van der Waals surface area (Å²) in [6, 6.07) is 18.7. The maximum Gasteiger partial charge on any atom is 1.00 e. The molecule has 6 atom stereocenters. The molecule has 10 rings (SSSR count). The van der Waals surface area contributed by atoms with Crippen LogP contribution in [0.1, 0.15) is 233 Å². The summed E-state index contributed by atoms with van der Waals surface area (Å²) in [5.74, 6) is -1.85. The van der Waals surface area contributed by atoms with Gasteiger partial charge in [-0.25, -0.2) is 19.6 Å². The number of nitrogens with zero attached hydrogens (tertiary/aromatic N) is 6. The van der Waals surface area contributed by atoms with Crippen LogP contribution in [0.2, 0.25) is 0 Å². The van der Waals surface area contributed by atoms with Crippen molar-refractivity contribution in [3.63, 3.8) is 0 Å². The van der Waals surface area contributed by atoms with E-state index in [4.69, 9.17) is 4.74 Å². The Balaban J connectivity index is 0.000000206. The molecule has 4 aliphatic heterocycles. The number of rotatable bonds is 7. The molecule has 2 unspecified atom stereocenters. The van der Waals surface area contributed by atoms with E-state index in [1.807, 2.05) is 53.1 Å². The van der Waals surface area contributed by atoms with Gasteiger partial charge in [-0.05, 0) is 108 Å². The third-order valence-electron chi connectivity index (χ3n) is 17.5. The average molecular weight is 999 g/mol. The molecule has 4 saturated heterocycles. The Bertz CT molecular complexity index is 2460. The van der Waals surface area contributed by atoms with Crippen LogP contribution in [0.5, 0.6) is 0 Å². The summed E-state index contributed by atoms with van der Waals surface area (Å²) in [4.78, 5) is 65.6. The first kappa shape index (κ1) is 56.3. The summed E-state index contributed by atoms with van der Waals surface area (Å²) in [7, 11) is 0. The standard InChI is InChI=1S/C30H43N3O3.C28H39N3O3.Na.H2O/c1-2-36-30(35)28-29(34)33(27-17-13-12-16-26(27)31-28)25-20-23-18-19-24(21-25)32(23)22-14-10-8-6-4-3-5-7-9-11-15-22;32-27-26(28(33)34)29-24-14-10-11-15-25(24)31(27)23-18-21-16-17-22(19-23)30(21)20-12-8-6-4-2-1-3-5-7-9-13-20;;/h12-13,16-17,22-25H,2-11,14-15,18-21H2,1H3;10-11,14-15,20-23H,1-9,12-13,16-19H2,(H,33,34);;1H2/q;;+1;/p-1/t23-,24+,25?;21-,22+,23?;;. The molecule has 2 saturated carbocycles. The van der Waals surface area contributed by atoms with Gasteiger partial charge in [0.15, 0.2) is 0 Å². The van der Waals surface area contributed by atoms with Crippen molar-refractivity contribution in [3.05, 3.63) is 80.6 Å². The molecule has 2 aromatic heterocycles. The number of fused-ring (bicyclic) bond motifs is 6. The second-order valence-electron chi connectivity index (χ2n) is 22.0. The zero-order chi connectivity index (χ0) is 48.4. The fraction of sp³-hybridized carbons (Fsp3) is 0.690. The summed E-state index contributed by atoms with van der Waals surface area (Å²) in [6.45, 7) is 1.99. The van der Waals surface area contributed by atoms with Crippen LogP contribution >= 0.6 is 0 Å². The largest absolute Gasteiger partial charge is 1.00 e. The number of carboxylic acids is 1. The fourth-order valence-electron chi connectivity index (χ4n) is 14.4. The molecule has 4 aromatic rings. The number of ether oxygens (including phenoxy) is 1. The summed E-state index contributed by atoms with van der Waals surface area (Å²) >= 11 is 0. The van der Waals surface area contributed by atoms with Gasteiger partial charge in [0.25, 0.3) is 11.1 Å². The fourth-order valence-corrected chi connectivity index (χ4v) is 14.4. The number of esters is 1. The first-order valence-corrected chi connectivity index (χ1v) is 28.3. The van der Waals surface area contributed by atoms with Gasteiger partial charge in [-0.2, -0.15) is 0 Å². The van der Waals surface area contributed by atoms with E-state index in [0.29, 0.717) is 47.3 Å². The van der Waals surface area contributed by atoms with Crippen LogP contribution in [0.15, 0.2) is 58.1 Å². The van der Waals surface area contributed by atoms with Crippen molar-refractivity contribution in [2.45, 2.75) is 248 Å². The van der Waals surface area contributed by atoms with Crippen LogP contribution in [0.4, 0.5) is 0 Å². The van der Waals surface area contributed by atoms with E-state index in [0.717, 1.165) is 36.7 Å². The maximum atomic E-state index is 13.6. The summed E-state index contributed by atoms with van der Waals surface area (Å²) < 4.78 is 8.85. The number of hydrogen-bond acceptors (Lipinski definition) is 10. The normalized spacial score (nSPS) is 26.6. The Morgan fingerprint density at radius 3 is 1.15 bits per heavy atom. The molecule has 2 aliphatic carbocycles. The average Bonchev–Trinajstić information content (AvgIpc) is 3.76. The van der Waals surface area contributed by atoms with Crippen LogP contribution in [-0.2, 0) is 4.74 Å². The SMILES string of the molecule is CCOC(=O)c1nc2ccccc2n(C2C[C@H]3CC[C@@H](C2)N3C2CCCCCCCCCCC2)c1=O.O=C(O)c1nc2ccccc2n(C2C[C@H]3CC[C@@H](C2)N3C2CCCCCCCCCCC2)c1=O.[Na+].[OH-]. The quantitative estimate of drug-likeness (QED) is 0.138. The minimum atomic E-state index is -1.24. The van der Waals surface area contributed by atoms with Gasteiger partial charge in [-0.3, -0.25) is 19.4 Å². The number of carbonyl (C=O) groups excluding carboxylic acids is 1. The van der Waals surface area contributed by atoms with Crippen molar-refractivity contribution < 1.29 is 54.5 Å². The molecule has 2 aromatic carbocycles. The Labute approximate surface area is 449 Å². The zero-order valence-corrected chi connectivity index (χ0v) is 45.8. The van der Waals surface area contributed by atoms with Crippen molar-refractivity contribution >= 4 is 34.0 Å². The predicted octanol–water partition coefficient (Wildman–Crippen LogP) is 9.18. The molecule has 0 radical (unpaired) electrons. The van der Waals surface area contributed by atoms with Crippen molar-refractivity contribution in [1.29, 1.82) is 0 Å². The number of aromatic nitrogens is 4. The van der Waals surface area contributed by atoms with Crippen molar-refractivity contribution in [3.8, 4) is 0 Å². The summed E-state index contributed by atoms with van der Waals surface area (Å²) in [5.41, 5.74) is 1.70. The number of aromatic carboxylic acids is 1. The second kappa shape index (κ2) is 27.4. The molecule has 13 nitrogen and oxygen atoms in total. The van der Waals surface area contributed by atoms with Gasteiger partial charge < -0.3 is 24.5 Å². The molecule has 0 amide bonds. The number of para-hydroxylation sites is 4. The van der Waals surface area contributed by atoms with E-state index in [-0.39, 0.29) is 70.7 Å². The number of carbonyl (C=O) groups is 2. The van der Waals surface area contributed by atoms with E-state index < -0.39 is 17.5 Å². The molecule has 388 valence electrons. The van der Waals surface area contributed by atoms with Gasteiger partial charge in [0.2, 0.25) is 11.4 Å². The van der Waals surface area contributed by atoms with Crippen LogP contribution in [-0.4, -0.2) is 94.3 Å². The molecule has 14 heteroatoms. The summed E-state index contributed by atoms with van der Waals surface area (Å²) in [6.07, 6.45) is 38.7. The van der Waals surface area contributed by atoms with Crippen molar-refractivity contribution in [1.82, 2.24) is 28.9 Å². The smallest absolute Gasteiger partial charge is 0.870 e. The third-order valence-corrected chi connectivity index (χ3v) is 17.5. The number of carboxylic acid groups (broad SMARTS) is 1. The van der Waals surface area contributed by atoms with E-state index in [1.165, 1.54) is 167 Å². The van der Waals surface area contributed by atoms with Crippen LogP contribution < -0.4 is 40.7 Å². The van der Waals surface area contributed by atoms with Gasteiger partial charge in [0.05, 0.1) is 28.7 Å².